The Balaban J connectivity index is 2.39. The third-order valence-electron chi connectivity index (χ3n) is 2.07. The zero-order valence-corrected chi connectivity index (χ0v) is 7.09. The Kier molecular flexibility index (Phi) is 2.88. The molecular formula is C8H15NO2. The van der Waals surface area contributed by atoms with Crippen molar-refractivity contribution in [3.05, 3.63) is 0 Å². The number of ether oxygens (including phenoxy) is 1. The minimum atomic E-state index is -0.0995. The van der Waals surface area contributed by atoms with Gasteiger partial charge in [-0.3, -0.25) is 4.79 Å². The van der Waals surface area contributed by atoms with Crippen molar-refractivity contribution in [2.24, 2.45) is 5.92 Å². The van der Waals surface area contributed by atoms with Gasteiger partial charge in [0.2, 0.25) is 0 Å². The van der Waals surface area contributed by atoms with Crippen LogP contribution in [0.1, 0.15) is 20.3 Å². The topological polar surface area (TPSA) is 38.3 Å². The molecule has 0 aromatic rings. The molecule has 1 heterocycles. The molecule has 3 heteroatoms. The first-order valence-electron chi connectivity index (χ1n) is 4.15. The van der Waals surface area contributed by atoms with E-state index in [2.05, 4.69) is 12.2 Å². The lowest BCUT2D eigenvalue weighted by molar-refractivity contribution is -0.146. The maximum absolute atomic E-state index is 11.2. The Labute approximate surface area is 67.1 Å². The molecular weight excluding hydrogens is 142 g/mol. The Morgan fingerprint density at radius 1 is 1.73 bits per heavy atom. The second kappa shape index (κ2) is 3.72. The summed E-state index contributed by atoms with van der Waals surface area (Å²) < 4.78 is 4.89. The minimum Gasteiger partial charge on any atom is -0.465 e. The molecule has 0 aliphatic carbocycles. The largest absolute Gasteiger partial charge is 0.465 e. The Morgan fingerprint density at radius 2 is 2.45 bits per heavy atom. The van der Waals surface area contributed by atoms with Crippen LogP contribution in [0.4, 0.5) is 0 Å². The standard InChI is InChI=1S/C8H15NO2/c1-3-11-8(10)7-6(2)4-5-9-7/h6-7,9H,3-5H2,1-2H3/t6-,7-/m1/s1. The van der Waals surface area contributed by atoms with Crippen LogP contribution in [0.25, 0.3) is 0 Å². The predicted molar refractivity (Wildman–Crippen MR) is 42.2 cm³/mol. The average Bonchev–Trinajstić information content (AvgIpc) is 2.36. The fourth-order valence-electron chi connectivity index (χ4n) is 1.38. The SMILES string of the molecule is CCOC(=O)[C@@H]1NCC[C@H]1C. The lowest BCUT2D eigenvalue weighted by Gasteiger charge is -2.12. The van der Waals surface area contributed by atoms with Gasteiger partial charge in [0.15, 0.2) is 0 Å². The number of carbonyl (C=O) groups is 1. The predicted octanol–water partition coefficient (Wildman–Crippen LogP) is 0.547. The van der Waals surface area contributed by atoms with Crippen molar-refractivity contribution in [2.45, 2.75) is 26.3 Å². The van der Waals surface area contributed by atoms with Crippen LogP contribution in [0.2, 0.25) is 0 Å². The molecule has 2 atom stereocenters. The fraction of sp³-hybridized carbons (Fsp3) is 0.875. The molecule has 0 radical (unpaired) electrons. The number of rotatable bonds is 2. The summed E-state index contributed by atoms with van der Waals surface area (Å²) in [5.74, 6) is 0.326. The van der Waals surface area contributed by atoms with Crippen LogP contribution < -0.4 is 5.32 Å². The van der Waals surface area contributed by atoms with Crippen molar-refractivity contribution >= 4 is 5.97 Å². The monoisotopic (exact) mass is 157 g/mol. The van der Waals surface area contributed by atoms with Crippen molar-refractivity contribution in [1.82, 2.24) is 5.32 Å². The van der Waals surface area contributed by atoms with E-state index in [0.29, 0.717) is 12.5 Å². The Morgan fingerprint density at radius 3 is 2.91 bits per heavy atom. The smallest absolute Gasteiger partial charge is 0.323 e. The zero-order chi connectivity index (χ0) is 8.27. The fourth-order valence-corrected chi connectivity index (χ4v) is 1.38. The Bertz CT molecular complexity index is 147. The van der Waals surface area contributed by atoms with Crippen molar-refractivity contribution in [2.75, 3.05) is 13.2 Å². The average molecular weight is 157 g/mol. The van der Waals surface area contributed by atoms with E-state index in [1.54, 1.807) is 0 Å². The third-order valence-corrected chi connectivity index (χ3v) is 2.07. The molecule has 1 aliphatic heterocycles. The summed E-state index contributed by atoms with van der Waals surface area (Å²) in [4.78, 5) is 11.2. The summed E-state index contributed by atoms with van der Waals surface area (Å²) in [7, 11) is 0. The highest BCUT2D eigenvalue weighted by atomic mass is 16.5. The third kappa shape index (κ3) is 1.93. The maximum atomic E-state index is 11.2. The van der Waals surface area contributed by atoms with E-state index in [1.807, 2.05) is 6.92 Å². The lowest BCUT2D eigenvalue weighted by Crippen LogP contribution is -2.36. The molecule has 3 nitrogen and oxygen atoms in total. The molecule has 1 N–H and O–H groups in total. The minimum absolute atomic E-state index is 0.0602. The number of esters is 1. The van der Waals surface area contributed by atoms with Crippen molar-refractivity contribution < 1.29 is 9.53 Å². The van der Waals surface area contributed by atoms with Crippen LogP contribution in [0.5, 0.6) is 0 Å². The van der Waals surface area contributed by atoms with E-state index in [-0.39, 0.29) is 12.0 Å². The first-order chi connectivity index (χ1) is 5.25. The van der Waals surface area contributed by atoms with Gasteiger partial charge in [0.25, 0.3) is 0 Å². The number of hydrogen-bond donors (Lipinski definition) is 1. The molecule has 0 spiro atoms. The summed E-state index contributed by atoms with van der Waals surface area (Å²) in [5.41, 5.74) is 0. The van der Waals surface area contributed by atoms with Gasteiger partial charge in [-0.25, -0.2) is 0 Å². The van der Waals surface area contributed by atoms with E-state index >= 15 is 0 Å². The van der Waals surface area contributed by atoms with Crippen LogP contribution in [0.15, 0.2) is 0 Å². The highest BCUT2D eigenvalue weighted by Gasteiger charge is 2.29. The van der Waals surface area contributed by atoms with E-state index in [9.17, 15) is 4.79 Å². The zero-order valence-electron chi connectivity index (χ0n) is 7.09. The van der Waals surface area contributed by atoms with Gasteiger partial charge in [0.1, 0.15) is 6.04 Å². The molecule has 64 valence electrons. The molecule has 1 fully saturated rings. The number of hydrogen-bond acceptors (Lipinski definition) is 3. The van der Waals surface area contributed by atoms with Gasteiger partial charge < -0.3 is 10.1 Å². The van der Waals surface area contributed by atoms with Crippen LogP contribution in [0.3, 0.4) is 0 Å². The van der Waals surface area contributed by atoms with Crippen LogP contribution in [0, 0.1) is 5.92 Å². The number of carbonyl (C=O) groups excluding carboxylic acids is 1. The quantitative estimate of drug-likeness (QED) is 0.595. The molecule has 1 saturated heterocycles. The summed E-state index contributed by atoms with van der Waals surface area (Å²) in [6, 6.07) is -0.0602. The molecule has 11 heavy (non-hydrogen) atoms. The summed E-state index contributed by atoms with van der Waals surface area (Å²) in [6.07, 6.45) is 1.07. The molecule has 0 aromatic heterocycles. The van der Waals surface area contributed by atoms with Gasteiger partial charge >= 0.3 is 5.97 Å². The maximum Gasteiger partial charge on any atom is 0.323 e. The normalized spacial score (nSPS) is 30.4. The van der Waals surface area contributed by atoms with E-state index < -0.39 is 0 Å². The molecule has 0 unspecified atom stereocenters. The van der Waals surface area contributed by atoms with Crippen LogP contribution in [-0.4, -0.2) is 25.2 Å². The van der Waals surface area contributed by atoms with Crippen LogP contribution >= 0.6 is 0 Å². The molecule has 0 aromatic carbocycles. The van der Waals surface area contributed by atoms with Gasteiger partial charge in [-0.2, -0.15) is 0 Å². The van der Waals surface area contributed by atoms with E-state index in [4.69, 9.17) is 4.74 Å². The molecule has 0 saturated carbocycles. The highest BCUT2D eigenvalue weighted by molar-refractivity contribution is 5.76. The van der Waals surface area contributed by atoms with Gasteiger partial charge in [0, 0.05) is 0 Å². The lowest BCUT2D eigenvalue weighted by atomic mass is 10.0. The van der Waals surface area contributed by atoms with Crippen molar-refractivity contribution in [1.29, 1.82) is 0 Å². The molecule has 0 bridgehead atoms. The number of nitrogens with one attached hydrogen (secondary N) is 1. The van der Waals surface area contributed by atoms with Crippen molar-refractivity contribution in [3.8, 4) is 0 Å². The second-order valence-electron chi connectivity index (χ2n) is 2.95. The second-order valence-corrected chi connectivity index (χ2v) is 2.95. The summed E-state index contributed by atoms with van der Waals surface area (Å²) >= 11 is 0. The van der Waals surface area contributed by atoms with Crippen LogP contribution in [-0.2, 0) is 9.53 Å². The van der Waals surface area contributed by atoms with E-state index in [0.717, 1.165) is 13.0 Å². The summed E-state index contributed by atoms with van der Waals surface area (Å²) in [5, 5.41) is 3.12. The van der Waals surface area contributed by atoms with Gasteiger partial charge in [-0.15, -0.1) is 0 Å². The molecule has 0 amide bonds. The van der Waals surface area contributed by atoms with Gasteiger partial charge in [-0.1, -0.05) is 6.92 Å². The summed E-state index contributed by atoms with van der Waals surface area (Å²) in [6.45, 7) is 5.31. The Hall–Kier alpha value is -0.570. The van der Waals surface area contributed by atoms with E-state index in [1.165, 1.54) is 0 Å². The molecule has 1 rings (SSSR count). The van der Waals surface area contributed by atoms with Crippen molar-refractivity contribution in [3.63, 3.8) is 0 Å². The molecule has 1 aliphatic rings. The first kappa shape index (κ1) is 8.53. The highest BCUT2D eigenvalue weighted by Crippen LogP contribution is 2.15. The van der Waals surface area contributed by atoms with Gasteiger partial charge in [-0.05, 0) is 25.8 Å². The van der Waals surface area contributed by atoms with Gasteiger partial charge in [0.05, 0.1) is 6.61 Å². The first-order valence-corrected chi connectivity index (χ1v) is 4.15.